The predicted molar refractivity (Wildman–Crippen MR) is 74.7 cm³/mol. The lowest BCUT2D eigenvalue weighted by atomic mass is 10.1. The maximum atomic E-state index is 11.7. The van der Waals surface area contributed by atoms with Gasteiger partial charge in [-0.25, -0.2) is 4.79 Å². The van der Waals surface area contributed by atoms with E-state index in [-0.39, 0.29) is 6.42 Å². The summed E-state index contributed by atoms with van der Waals surface area (Å²) in [6.45, 7) is 5.34. The first kappa shape index (κ1) is 15.6. The van der Waals surface area contributed by atoms with Crippen molar-refractivity contribution in [2.75, 3.05) is 0 Å². The number of rotatable bonds is 4. The lowest BCUT2D eigenvalue weighted by molar-refractivity contribution is -0.108. The highest BCUT2D eigenvalue weighted by molar-refractivity contribution is 9.10. The van der Waals surface area contributed by atoms with Crippen molar-refractivity contribution < 1.29 is 14.3 Å². The summed E-state index contributed by atoms with van der Waals surface area (Å²) in [6, 6.07) is 1.36. The molecule has 0 aliphatic carbocycles. The molecule has 0 unspecified atom stereocenters. The molecule has 0 radical (unpaired) electrons. The molecule has 1 amide bonds. The molecule has 0 aliphatic heterocycles. The molecule has 1 rings (SSSR count). The second-order valence-electron chi connectivity index (χ2n) is 5.04. The summed E-state index contributed by atoms with van der Waals surface area (Å²) in [5.74, 6) is 0. The lowest BCUT2D eigenvalue weighted by Gasteiger charge is -2.23. The van der Waals surface area contributed by atoms with Gasteiger partial charge in [0.25, 0.3) is 0 Å². The van der Waals surface area contributed by atoms with Gasteiger partial charge in [-0.1, -0.05) is 0 Å². The Morgan fingerprint density at radius 1 is 1.53 bits per heavy atom. The van der Waals surface area contributed by atoms with Gasteiger partial charge in [0.05, 0.1) is 6.04 Å². The van der Waals surface area contributed by atoms with Gasteiger partial charge in [0.15, 0.2) is 0 Å². The zero-order valence-corrected chi connectivity index (χ0v) is 12.7. The van der Waals surface area contributed by atoms with Gasteiger partial charge in [-0.3, -0.25) is 4.98 Å². The predicted octanol–water partition coefficient (Wildman–Crippen LogP) is 3.00. The second kappa shape index (κ2) is 6.65. The minimum absolute atomic E-state index is 0.164. The van der Waals surface area contributed by atoms with Crippen LogP contribution >= 0.6 is 15.9 Å². The zero-order valence-electron chi connectivity index (χ0n) is 11.1. The first-order valence-corrected chi connectivity index (χ1v) is 6.65. The molecule has 1 aromatic heterocycles. The summed E-state index contributed by atoms with van der Waals surface area (Å²) < 4.78 is 5.95. The summed E-state index contributed by atoms with van der Waals surface area (Å²) >= 11 is 3.30. The van der Waals surface area contributed by atoms with Gasteiger partial charge in [0.2, 0.25) is 0 Å². The van der Waals surface area contributed by atoms with Gasteiger partial charge in [-0.15, -0.1) is 0 Å². The standard InChI is InChI=1S/C13H17BrN2O3/c1-13(2,3)19-12(18)16-11(4-5-17)9-6-10(14)8-15-7-9/h5-8,11H,4H2,1-3H3,(H,16,18)/t11-/m1/s1. The minimum atomic E-state index is -0.578. The van der Waals surface area contributed by atoms with Gasteiger partial charge < -0.3 is 14.8 Å². The van der Waals surface area contributed by atoms with Gasteiger partial charge in [0.1, 0.15) is 11.9 Å². The highest BCUT2D eigenvalue weighted by Crippen LogP contribution is 2.19. The molecular formula is C13H17BrN2O3. The number of halogens is 1. The number of carbonyl (C=O) groups is 2. The molecule has 1 heterocycles. The first-order chi connectivity index (χ1) is 8.81. The fourth-order valence-electron chi connectivity index (χ4n) is 1.44. The van der Waals surface area contributed by atoms with E-state index >= 15 is 0 Å². The Balaban J connectivity index is 2.78. The number of nitrogens with zero attached hydrogens (tertiary/aromatic N) is 1. The third-order valence-electron chi connectivity index (χ3n) is 2.15. The Kier molecular flexibility index (Phi) is 5.47. The molecular weight excluding hydrogens is 312 g/mol. The fraction of sp³-hybridized carbons (Fsp3) is 0.462. The van der Waals surface area contributed by atoms with Crippen LogP contribution in [0.4, 0.5) is 4.79 Å². The van der Waals surface area contributed by atoms with E-state index in [0.717, 1.165) is 16.3 Å². The highest BCUT2D eigenvalue weighted by atomic mass is 79.9. The van der Waals surface area contributed by atoms with Crippen LogP contribution in [0.15, 0.2) is 22.9 Å². The SMILES string of the molecule is CC(C)(C)OC(=O)N[C@H](CC=O)c1cncc(Br)c1. The average molecular weight is 329 g/mol. The number of aromatic nitrogens is 1. The van der Waals surface area contributed by atoms with E-state index in [9.17, 15) is 9.59 Å². The lowest BCUT2D eigenvalue weighted by Crippen LogP contribution is -2.35. The number of pyridine rings is 1. The summed E-state index contributed by atoms with van der Waals surface area (Å²) in [6.07, 6.45) is 3.60. The summed E-state index contributed by atoms with van der Waals surface area (Å²) in [7, 11) is 0. The van der Waals surface area contributed by atoms with Crippen molar-refractivity contribution in [3.8, 4) is 0 Å². The highest BCUT2D eigenvalue weighted by Gasteiger charge is 2.20. The topological polar surface area (TPSA) is 68.3 Å². The number of nitrogens with one attached hydrogen (secondary N) is 1. The van der Waals surface area contributed by atoms with Gasteiger partial charge in [-0.05, 0) is 48.3 Å². The average Bonchev–Trinajstić information content (AvgIpc) is 2.26. The minimum Gasteiger partial charge on any atom is -0.444 e. The van der Waals surface area contributed by atoms with Gasteiger partial charge in [0, 0.05) is 23.3 Å². The Hall–Kier alpha value is -1.43. The first-order valence-electron chi connectivity index (χ1n) is 5.85. The molecule has 104 valence electrons. The van der Waals surface area contributed by atoms with Crippen molar-refractivity contribution >= 4 is 28.3 Å². The molecule has 1 aromatic rings. The fourth-order valence-corrected chi connectivity index (χ4v) is 1.83. The number of aldehydes is 1. The van der Waals surface area contributed by atoms with E-state index in [2.05, 4.69) is 26.2 Å². The Morgan fingerprint density at radius 2 is 2.21 bits per heavy atom. The number of alkyl carbamates (subject to hydrolysis) is 1. The number of ether oxygens (including phenoxy) is 1. The number of hydrogen-bond acceptors (Lipinski definition) is 4. The van der Waals surface area contributed by atoms with E-state index in [4.69, 9.17) is 4.74 Å². The quantitative estimate of drug-likeness (QED) is 0.862. The van der Waals surface area contributed by atoms with Crippen LogP contribution in [-0.4, -0.2) is 23.0 Å². The normalized spacial score (nSPS) is 12.6. The van der Waals surface area contributed by atoms with Crippen LogP contribution in [0.25, 0.3) is 0 Å². The van der Waals surface area contributed by atoms with Crippen molar-refractivity contribution in [1.29, 1.82) is 0 Å². The van der Waals surface area contributed by atoms with E-state index in [1.807, 2.05) is 0 Å². The molecule has 0 aliphatic rings. The van der Waals surface area contributed by atoms with E-state index in [1.54, 1.807) is 39.2 Å². The molecule has 0 fully saturated rings. The molecule has 0 aromatic carbocycles. The van der Waals surface area contributed by atoms with Crippen LogP contribution in [0.3, 0.4) is 0 Å². The molecule has 0 saturated carbocycles. The molecule has 0 spiro atoms. The van der Waals surface area contributed by atoms with E-state index in [0.29, 0.717) is 0 Å². The van der Waals surface area contributed by atoms with Crippen molar-refractivity contribution in [2.24, 2.45) is 0 Å². The third kappa shape index (κ3) is 5.83. The second-order valence-corrected chi connectivity index (χ2v) is 5.95. The number of hydrogen-bond donors (Lipinski definition) is 1. The molecule has 6 heteroatoms. The number of carbonyl (C=O) groups excluding carboxylic acids is 2. The van der Waals surface area contributed by atoms with Crippen LogP contribution in [0, 0.1) is 0 Å². The smallest absolute Gasteiger partial charge is 0.408 e. The Labute approximate surface area is 120 Å². The maximum Gasteiger partial charge on any atom is 0.408 e. The van der Waals surface area contributed by atoms with Crippen molar-refractivity contribution in [3.63, 3.8) is 0 Å². The molecule has 19 heavy (non-hydrogen) atoms. The van der Waals surface area contributed by atoms with E-state index in [1.165, 1.54) is 0 Å². The summed E-state index contributed by atoms with van der Waals surface area (Å²) in [5.41, 5.74) is 0.165. The summed E-state index contributed by atoms with van der Waals surface area (Å²) in [5, 5.41) is 2.66. The van der Waals surface area contributed by atoms with Crippen LogP contribution < -0.4 is 5.32 Å². The summed E-state index contributed by atoms with van der Waals surface area (Å²) in [4.78, 5) is 26.5. The van der Waals surface area contributed by atoms with Crippen LogP contribution in [0.2, 0.25) is 0 Å². The zero-order chi connectivity index (χ0) is 14.5. The van der Waals surface area contributed by atoms with Crippen molar-refractivity contribution in [2.45, 2.75) is 38.8 Å². The maximum absolute atomic E-state index is 11.7. The molecule has 0 bridgehead atoms. The van der Waals surface area contributed by atoms with Gasteiger partial charge in [-0.2, -0.15) is 0 Å². The molecule has 0 saturated heterocycles. The van der Waals surface area contributed by atoms with Crippen molar-refractivity contribution in [1.82, 2.24) is 10.3 Å². The monoisotopic (exact) mass is 328 g/mol. The number of amides is 1. The van der Waals surface area contributed by atoms with Crippen LogP contribution in [-0.2, 0) is 9.53 Å². The van der Waals surface area contributed by atoms with Crippen molar-refractivity contribution in [3.05, 3.63) is 28.5 Å². The van der Waals surface area contributed by atoms with E-state index < -0.39 is 17.7 Å². The molecule has 1 atom stereocenters. The van der Waals surface area contributed by atoms with Gasteiger partial charge >= 0.3 is 6.09 Å². The Bertz CT molecular complexity index is 457. The largest absolute Gasteiger partial charge is 0.444 e. The van der Waals surface area contributed by atoms with Crippen LogP contribution in [0.1, 0.15) is 38.8 Å². The third-order valence-corrected chi connectivity index (χ3v) is 2.58. The Morgan fingerprint density at radius 3 is 2.74 bits per heavy atom. The molecule has 1 N–H and O–H groups in total. The van der Waals surface area contributed by atoms with Crippen LogP contribution in [0.5, 0.6) is 0 Å². The molecule has 5 nitrogen and oxygen atoms in total.